The van der Waals surface area contributed by atoms with Gasteiger partial charge in [-0.1, -0.05) is 6.07 Å². The fourth-order valence-electron chi connectivity index (χ4n) is 4.11. The van der Waals surface area contributed by atoms with Crippen molar-refractivity contribution in [2.24, 2.45) is 5.41 Å². The lowest BCUT2D eigenvalue weighted by Crippen LogP contribution is -2.62. The average molecular weight is 366 g/mol. The lowest BCUT2D eigenvalue weighted by Gasteiger charge is -2.53. The van der Waals surface area contributed by atoms with Crippen molar-refractivity contribution >= 4 is 12.4 Å². The van der Waals surface area contributed by atoms with Crippen molar-refractivity contribution in [3.63, 3.8) is 0 Å². The first kappa shape index (κ1) is 20.0. The van der Waals surface area contributed by atoms with Gasteiger partial charge in [0.25, 0.3) is 12.4 Å². The van der Waals surface area contributed by atoms with Gasteiger partial charge in [-0.3, -0.25) is 9.59 Å². The van der Waals surface area contributed by atoms with E-state index in [2.05, 4.69) is 4.90 Å². The zero-order chi connectivity index (χ0) is 19.3. The summed E-state index contributed by atoms with van der Waals surface area (Å²) in [5.41, 5.74) is -0.188. The van der Waals surface area contributed by atoms with Crippen molar-refractivity contribution < 1.29 is 30.0 Å². The molecule has 2 atom stereocenters. The zero-order valence-corrected chi connectivity index (χ0v) is 14.8. The molecule has 0 saturated carbocycles. The molecule has 2 aliphatic rings. The van der Waals surface area contributed by atoms with Gasteiger partial charge in [-0.05, 0) is 45.0 Å². The van der Waals surface area contributed by atoms with Crippen LogP contribution in [0.3, 0.4) is 0 Å². The third-order valence-electron chi connectivity index (χ3n) is 5.53. The predicted octanol–water partition coefficient (Wildman–Crippen LogP) is 0.717. The number of aliphatic hydroxyl groups is 1. The summed E-state index contributed by atoms with van der Waals surface area (Å²) in [7, 11) is 2.03. The van der Waals surface area contributed by atoms with E-state index in [0.717, 1.165) is 25.8 Å². The molecule has 3 rings (SSSR count). The van der Waals surface area contributed by atoms with Gasteiger partial charge in [0.15, 0.2) is 0 Å². The number of hydrogen-bond acceptors (Lipinski definition) is 6. The number of hydrogen-bond donors (Lipinski definition) is 4. The van der Waals surface area contributed by atoms with Crippen LogP contribution in [0.1, 0.15) is 29.6 Å². The van der Waals surface area contributed by atoms with Crippen LogP contribution in [0.15, 0.2) is 18.2 Å². The first-order valence-corrected chi connectivity index (χ1v) is 8.59. The number of aromatic hydroxyl groups is 2. The van der Waals surface area contributed by atoms with Gasteiger partial charge in [-0.25, -0.2) is 0 Å². The van der Waals surface area contributed by atoms with E-state index in [1.807, 2.05) is 7.05 Å². The molecule has 0 aliphatic carbocycles. The lowest BCUT2D eigenvalue weighted by atomic mass is 9.69. The summed E-state index contributed by atoms with van der Waals surface area (Å²) in [5, 5.41) is 36.6. The minimum Gasteiger partial charge on any atom is -0.507 e. The Morgan fingerprint density at radius 2 is 1.88 bits per heavy atom. The Hall–Kier alpha value is -2.32. The van der Waals surface area contributed by atoms with E-state index in [0.29, 0.717) is 13.1 Å². The fraction of sp³-hybridized carbons (Fsp3) is 0.556. The molecule has 0 spiro atoms. The monoisotopic (exact) mass is 366 g/mol. The minimum absolute atomic E-state index is 0.0394. The van der Waals surface area contributed by atoms with Crippen LogP contribution in [0.25, 0.3) is 0 Å². The van der Waals surface area contributed by atoms with Gasteiger partial charge in [0.2, 0.25) is 0 Å². The number of rotatable bonds is 2. The maximum Gasteiger partial charge on any atom is 0.290 e. The topological polar surface area (TPSA) is 122 Å². The fourth-order valence-corrected chi connectivity index (χ4v) is 4.11. The molecule has 2 aliphatic heterocycles. The number of benzene rings is 1. The second-order valence-electron chi connectivity index (χ2n) is 6.90. The number of carbonyl (C=O) groups excluding carboxylic acids is 1. The summed E-state index contributed by atoms with van der Waals surface area (Å²) in [6.07, 6.45) is 2.77. The number of aliphatic hydroxyl groups excluding tert-OH is 1. The van der Waals surface area contributed by atoms with E-state index in [1.165, 1.54) is 18.2 Å². The number of piperidine rings is 2. The third kappa shape index (κ3) is 3.76. The number of phenolic OH excluding ortho intramolecular Hbond substituents is 2. The average Bonchev–Trinajstić information content (AvgIpc) is 2.62. The highest BCUT2D eigenvalue weighted by molar-refractivity contribution is 5.99. The minimum atomic E-state index is -0.355. The summed E-state index contributed by atoms with van der Waals surface area (Å²) < 4.78 is 0. The lowest BCUT2D eigenvalue weighted by molar-refractivity contribution is -0.122. The van der Waals surface area contributed by atoms with Crippen molar-refractivity contribution in [2.45, 2.75) is 25.3 Å². The molecule has 144 valence electrons. The Balaban J connectivity index is 0.000000758. The number of nitrogens with zero attached hydrogens (tertiary/aromatic N) is 2. The van der Waals surface area contributed by atoms with Gasteiger partial charge >= 0.3 is 0 Å². The predicted molar refractivity (Wildman–Crippen MR) is 94.2 cm³/mol. The largest absolute Gasteiger partial charge is 0.507 e. The molecule has 8 heteroatoms. The summed E-state index contributed by atoms with van der Waals surface area (Å²) in [6, 6.07) is 4.42. The van der Waals surface area contributed by atoms with Crippen molar-refractivity contribution in [3.8, 4) is 11.5 Å². The molecule has 1 aromatic carbocycles. The van der Waals surface area contributed by atoms with Crippen LogP contribution in [0.4, 0.5) is 0 Å². The van der Waals surface area contributed by atoms with E-state index in [1.54, 1.807) is 4.90 Å². The molecule has 2 fully saturated rings. The van der Waals surface area contributed by atoms with Crippen LogP contribution in [-0.4, -0.2) is 81.9 Å². The van der Waals surface area contributed by atoms with E-state index >= 15 is 0 Å². The molecule has 0 unspecified atom stereocenters. The SMILES string of the molecule is CN1CCC[C@]2(CO)CCN(C(=O)c3c(O)cccc3O)C[C@@H]12.O=CO. The molecule has 8 nitrogen and oxygen atoms in total. The van der Waals surface area contributed by atoms with Crippen LogP contribution in [-0.2, 0) is 4.79 Å². The van der Waals surface area contributed by atoms with E-state index in [-0.39, 0.29) is 47.5 Å². The summed E-state index contributed by atoms with van der Waals surface area (Å²) in [4.78, 5) is 25.0. The first-order chi connectivity index (χ1) is 12.4. The van der Waals surface area contributed by atoms with Crippen molar-refractivity contribution in [2.75, 3.05) is 33.3 Å². The molecule has 2 heterocycles. The molecule has 0 aromatic heterocycles. The van der Waals surface area contributed by atoms with Crippen LogP contribution in [0.2, 0.25) is 0 Å². The van der Waals surface area contributed by atoms with Crippen LogP contribution in [0, 0.1) is 5.41 Å². The summed E-state index contributed by atoms with van der Waals surface area (Å²) in [5.74, 6) is -0.761. The molecule has 26 heavy (non-hydrogen) atoms. The Kier molecular flexibility index (Phi) is 6.44. The van der Waals surface area contributed by atoms with Crippen LogP contribution in [0.5, 0.6) is 11.5 Å². The molecule has 0 bridgehead atoms. The van der Waals surface area contributed by atoms with Gasteiger partial charge in [-0.2, -0.15) is 0 Å². The molecular formula is C18H26N2O6. The number of fused-ring (bicyclic) bond motifs is 1. The maximum atomic E-state index is 12.7. The molecular weight excluding hydrogens is 340 g/mol. The van der Waals surface area contributed by atoms with Crippen LogP contribution >= 0.6 is 0 Å². The van der Waals surface area contributed by atoms with Gasteiger partial charge in [0, 0.05) is 24.5 Å². The number of likely N-dealkylation sites (tertiary alicyclic amines) is 2. The second-order valence-corrected chi connectivity index (χ2v) is 6.90. The Labute approximate surface area is 152 Å². The zero-order valence-electron chi connectivity index (χ0n) is 14.8. The number of carboxylic acid groups (broad SMARTS) is 1. The summed E-state index contributed by atoms with van der Waals surface area (Å²) in [6.45, 7) is 1.86. The van der Waals surface area contributed by atoms with E-state index in [9.17, 15) is 20.1 Å². The molecule has 1 amide bonds. The number of phenols is 2. The Bertz CT molecular complexity index is 632. The number of carbonyl (C=O) groups is 2. The first-order valence-electron chi connectivity index (χ1n) is 8.59. The van der Waals surface area contributed by atoms with Gasteiger partial charge in [0.1, 0.15) is 17.1 Å². The van der Waals surface area contributed by atoms with Crippen LogP contribution < -0.4 is 0 Å². The normalized spacial score (nSPS) is 25.6. The highest BCUT2D eigenvalue weighted by atomic mass is 16.3. The maximum absolute atomic E-state index is 12.7. The Morgan fingerprint density at radius 3 is 2.46 bits per heavy atom. The molecule has 2 saturated heterocycles. The van der Waals surface area contributed by atoms with Crippen molar-refractivity contribution in [3.05, 3.63) is 23.8 Å². The summed E-state index contributed by atoms with van der Waals surface area (Å²) >= 11 is 0. The highest BCUT2D eigenvalue weighted by Crippen LogP contribution is 2.42. The van der Waals surface area contributed by atoms with Crippen molar-refractivity contribution in [1.82, 2.24) is 9.80 Å². The third-order valence-corrected chi connectivity index (χ3v) is 5.53. The highest BCUT2D eigenvalue weighted by Gasteiger charge is 2.47. The van der Waals surface area contributed by atoms with Gasteiger partial charge in [0.05, 0.1) is 6.61 Å². The van der Waals surface area contributed by atoms with Gasteiger partial charge < -0.3 is 30.2 Å². The quantitative estimate of drug-likeness (QED) is 0.569. The molecule has 4 N–H and O–H groups in total. The molecule has 0 radical (unpaired) electrons. The van der Waals surface area contributed by atoms with Crippen molar-refractivity contribution in [1.29, 1.82) is 0 Å². The smallest absolute Gasteiger partial charge is 0.290 e. The number of amides is 1. The standard InChI is InChI=1S/C17H24N2O4.CH2O2/c1-18-8-3-6-17(11-20)7-9-19(10-14(17)18)16(23)15-12(21)4-2-5-13(15)22;2-1-3/h2,4-5,14,20-22H,3,6-11H2,1H3;1H,(H,2,3)/t14-,17-;/m1./s1. The van der Waals surface area contributed by atoms with E-state index < -0.39 is 0 Å². The second kappa shape index (κ2) is 8.37. The molecule has 1 aromatic rings. The van der Waals surface area contributed by atoms with Gasteiger partial charge in [-0.15, -0.1) is 0 Å². The number of likely N-dealkylation sites (N-methyl/N-ethyl adjacent to an activating group) is 1. The van der Waals surface area contributed by atoms with E-state index in [4.69, 9.17) is 9.90 Å². The Morgan fingerprint density at radius 1 is 1.27 bits per heavy atom.